The predicted octanol–water partition coefficient (Wildman–Crippen LogP) is -0.924. The standard InChI is InChI=1S/BH2.Mo.Ni.V/h1H2;;;/q+1;-1;;. The molecular weight excluding hydrogens is 216 g/mol. The van der Waals surface area contributed by atoms with Crippen molar-refractivity contribution < 1.29 is 54.7 Å². The van der Waals surface area contributed by atoms with Gasteiger partial charge in [-0.15, -0.1) is 0 Å². The van der Waals surface area contributed by atoms with Gasteiger partial charge in [-0.2, -0.15) is 0 Å². The largest absolute Gasteiger partial charge is 0 e. The molecule has 0 N–H and O–H groups in total. The molecule has 0 unspecified atom stereocenters. The minimum absolute atomic E-state index is 0. The van der Waals surface area contributed by atoms with Gasteiger partial charge in [0, 0.05) is 35.0 Å². The van der Waals surface area contributed by atoms with Gasteiger partial charge in [0.1, 0.15) is 0 Å². The molecule has 0 aliphatic rings. The molecule has 0 rings (SSSR count). The first-order chi connectivity index (χ1) is 1.00. The topological polar surface area (TPSA) is 0 Å². The first kappa shape index (κ1) is 17.0. The van der Waals surface area contributed by atoms with E-state index in [4.69, 9.17) is 0 Å². The van der Waals surface area contributed by atoms with E-state index in [1.807, 2.05) is 25.7 Å². The van der Waals surface area contributed by atoms with Gasteiger partial charge in [-0.25, -0.2) is 0 Å². The van der Waals surface area contributed by atoms with E-state index in [0.29, 0.717) is 0 Å². The third-order valence-corrected chi connectivity index (χ3v) is 0. The van der Waals surface area contributed by atoms with E-state index in [1.165, 1.54) is 0 Å². The van der Waals surface area contributed by atoms with Gasteiger partial charge in [-0.05, 0) is 0 Å². The van der Waals surface area contributed by atoms with E-state index >= 15 is 0 Å². The second kappa shape index (κ2) is 21.1. The maximum absolute atomic E-state index is 2.01. The van der Waals surface area contributed by atoms with Crippen LogP contribution in [0.3, 0.4) is 0 Å². The van der Waals surface area contributed by atoms with Gasteiger partial charge in [-0.1, -0.05) is 0 Å². The Morgan fingerprint density at radius 2 is 1.25 bits per heavy atom. The molecular formula is H2BMoNiV. The van der Waals surface area contributed by atoms with Crippen molar-refractivity contribution in [3.63, 3.8) is 0 Å². The van der Waals surface area contributed by atoms with Crippen molar-refractivity contribution in [2.24, 2.45) is 0 Å². The molecule has 0 bridgehead atoms. The van der Waals surface area contributed by atoms with E-state index in [2.05, 4.69) is 0 Å². The Labute approximate surface area is 60.4 Å². The molecule has 0 nitrogen and oxygen atoms in total. The summed E-state index contributed by atoms with van der Waals surface area (Å²) in [5, 5.41) is 0. The Kier molecular flexibility index (Phi) is 89.8. The van der Waals surface area contributed by atoms with Gasteiger partial charge in [-0.3, -0.25) is 0 Å². The van der Waals surface area contributed by atoms with Crippen LogP contribution in [0.4, 0.5) is 0 Å². The fourth-order valence-corrected chi connectivity index (χ4v) is 0. The number of rotatable bonds is 0. The molecule has 0 atom stereocenters. The summed E-state index contributed by atoms with van der Waals surface area (Å²) in [7, 11) is 0. The third kappa shape index (κ3) is 9.16. The summed E-state index contributed by atoms with van der Waals surface area (Å²) in [6.45, 7) is 0. The molecule has 1 radical (unpaired) electrons. The Morgan fingerprint density at radius 1 is 1.25 bits per heavy atom. The van der Waals surface area contributed by atoms with Crippen LogP contribution in [0.5, 0.6) is 0 Å². The fourth-order valence-electron chi connectivity index (χ4n) is 0. The van der Waals surface area contributed by atoms with Gasteiger partial charge in [0.25, 0.3) is 0 Å². The van der Waals surface area contributed by atoms with Crippen LogP contribution >= 0.6 is 0 Å². The quantitative estimate of drug-likeness (QED) is 0.461. The van der Waals surface area contributed by atoms with E-state index in [0.717, 1.165) is 0 Å². The van der Waals surface area contributed by atoms with Crippen LogP contribution < -0.4 is 0 Å². The van der Waals surface area contributed by atoms with Crippen molar-refractivity contribution in [3.8, 4) is 0 Å². The summed E-state index contributed by atoms with van der Waals surface area (Å²) < 4.78 is 0. The normalized spacial score (nSPS) is 1.00. The maximum atomic E-state index is 2.01. The molecule has 4 heavy (non-hydrogen) atoms. The predicted molar refractivity (Wildman–Crippen MR) is 8.54 cm³/mol. The minimum Gasteiger partial charge on any atom is 0 e. The zero-order valence-corrected chi connectivity index (χ0v) is 6.56. The Balaban J connectivity index is -0.00000000500. The van der Waals surface area contributed by atoms with Crippen LogP contribution in [0, 0.1) is 0 Å². The molecule has 0 saturated heterocycles. The summed E-state index contributed by atoms with van der Waals surface area (Å²) in [4.78, 5) is 0. The Hall–Kier alpha value is 1.83. The van der Waals surface area contributed by atoms with Crippen molar-refractivity contribution in [2.45, 2.75) is 0 Å². The number of hydrogen-bond acceptors (Lipinski definition) is 0. The van der Waals surface area contributed by atoms with Gasteiger partial charge < -0.3 is 0 Å². The molecule has 0 amide bonds. The maximum Gasteiger partial charge on any atom is 0 e. The molecule has 0 aromatic carbocycles. The van der Waals surface area contributed by atoms with Crippen LogP contribution in [0.15, 0.2) is 0 Å². The van der Waals surface area contributed by atoms with E-state index in [9.17, 15) is 0 Å². The van der Waals surface area contributed by atoms with E-state index in [-0.39, 0.29) is 35.0 Å². The van der Waals surface area contributed by atoms with E-state index < -0.39 is 0 Å². The SMILES string of the molecule is [BH2][Mo].[Ni].[V]. The molecule has 0 saturated carbocycles. The second-order valence-electron chi connectivity index (χ2n) is 0. The fraction of sp³-hybridized carbons (Fsp3) is 0. The first-order valence-electron chi connectivity index (χ1n) is 0.408. The third-order valence-electron chi connectivity index (χ3n) is 0. The number of hydrogen-bond donors (Lipinski definition) is 0. The molecule has 0 fully saturated rings. The van der Waals surface area contributed by atoms with Crippen molar-refractivity contribution >= 4 is 6.11 Å². The zero-order chi connectivity index (χ0) is 2.00. The van der Waals surface area contributed by atoms with Crippen molar-refractivity contribution in [3.05, 3.63) is 0 Å². The first-order valence-corrected chi connectivity index (χ1v) is 2.42. The summed E-state index contributed by atoms with van der Waals surface area (Å²) in [5.41, 5.74) is 0. The molecule has 0 aliphatic heterocycles. The van der Waals surface area contributed by atoms with Gasteiger partial charge in [0.15, 0.2) is 0 Å². The molecule has 0 heterocycles. The van der Waals surface area contributed by atoms with Gasteiger partial charge >= 0.3 is 25.7 Å². The zero-order valence-electron chi connectivity index (χ0n) is 2.17. The molecule has 0 spiro atoms. The Morgan fingerprint density at radius 3 is 1.25 bits per heavy atom. The molecule has 0 aromatic heterocycles. The summed E-state index contributed by atoms with van der Waals surface area (Å²) >= 11 is 1.95. The van der Waals surface area contributed by atoms with Gasteiger partial charge in [0.2, 0.25) is 0 Å². The molecule has 0 aliphatic carbocycles. The minimum atomic E-state index is 0. The van der Waals surface area contributed by atoms with Crippen LogP contribution in [0.1, 0.15) is 0 Å². The van der Waals surface area contributed by atoms with Crippen molar-refractivity contribution in [1.29, 1.82) is 0 Å². The van der Waals surface area contributed by atoms with Crippen molar-refractivity contribution in [2.75, 3.05) is 0 Å². The van der Waals surface area contributed by atoms with Gasteiger partial charge in [0.05, 0.1) is 0 Å². The smallest absolute Gasteiger partial charge is 0 e. The molecule has 0 aromatic rings. The average Bonchev–Trinajstić information content (AvgIpc) is 1.00. The second-order valence-corrected chi connectivity index (χ2v) is 0. The monoisotopic (exact) mass is 220 g/mol. The summed E-state index contributed by atoms with van der Waals surface area (Å²) in [5.74, 6) is 0. The van der Waals surface area contributed by atoms with Crippen LogP contribution in [-0.2, 0) is 54.7 Å². The molecule has 4 heteroatoms. The van der Waals surface area contributed by atoms with E-state index in [1.54, 1.807) is 0 Å². The summed E-state index contributed by atoms with van der Waals surface area (Å²) in [6, 6.07) is 0. The average molecular weight is 218 g/mol. The van der Waals surface area contributed by atoms with Crippen LogP contribution in [0.25, 0.3) is 0 Å². The summed E-state index contributed by atoms with van der Waals surface area (Å²) in [6.07, 6.45) is 2.01. The Bertz CT molecular complexity index is 8.00. The molecule has 26 valence electrons. The van der Waals surface area contributed by atoms with Crippen molar-refractivity contribution in [1.82, 2.24) is 0 Å². The van der Waals surface area contributed by atoms with Crippen LogP contribution in [0.2, 0.25) is 0 Å². The van der Waals surface area contributed by atoms with Crippen LogP contribution in [-0.4, -0.2) is 6.11 Å².